The Morgan fingerprint density at radius 1 is 0.944 bits per heavy atom. The van der Waals surface area contributed by atoms with Gasteiger partial charge in [-0.25, -0.2) is 0 Å². The van der Waals surface area contributed by atoms with Gasteiger partial charge in [-0.1, -0.05) is 45.4 Å². The first-order valence-electron chi connectivity index (χ1n) is 8.20. The lowest BCUT2D eigenvalue weighted by molar-refractivity contribution is 0.181. The molecule has 0 radical (unpaired) electrons. The second kappa shape index (κ2) is 11.2. The molecule has 0 aromatic rings. The van der Waals surface area contributed by atoms with Gasteiger partial charge in [-0.15, -0.1) is 0 Å². The Hall–Kier alpha value is 0.310. The summed E-state index contributed by atoms with van der Waals surface area (Å²) >= 11 is 4.25. The lowest BCUT2D eigenvalue weighted by Crippen LogP contribution is -2.33. The van der Waals surface area contributed by atoms with Gasteiger partial charge in [0.2, 0.25) is 0 Å². The Bertz CT molecular complexity index is 180. The summed E-state index contributed by atoms with van der Waals surface area (Å²) in [5.41, 5.74) is 0. The van der Waals surface area contributed by atoms with Crippen molar-refractivity contribution in [3.63, 3.8) is 0 Å². The van der Waals surface area contributed by atoms with E-state index in [2.05, 4.69) is 24.5 Å². The minimum absolute atomic E-state index is 1.03. The molecule has 0 N–H and O–H groups in total. The quantitative estimate of drug-likeness (QED) is 0.395. The van der Waals surface area contributed by atoms with Gasteiger partial charge < -0.3 is 4.90 Å². The molecule has 1 aliphatic carbocycles. The number of hydrogen-bond acceptors (Lipinski definition) is 2. The number of hydrogen-bond donors (Lipinski definition) is 1. The van der Waals surface area contributed by atoms with Gasteiger partial charge in [0.25, 0.3) is 0 Å². The van der Waals surface area contributed by atoms with E-state index in [1.807, 2.05) is 0 Å². The number of nitrogens with zero attached hydrogens (tertiary/aromatic N) is 1. The highest BCUT2D eigenvalue weighted by atomic mass is 32.1. The van der Waals surface area contributed by atoms with E-state index in [0.717, 1.165) is 11.7 Å². The van der Waals surface area contributed by atoms with Crippen LogP contribution in [0.1, 0.15) is 71.1 Å². The van der Waals surface area contributed by atoms with Gasteiger partial charge in [0.1, 0.15) is 0 Å². The first-order valence-corrected chi connectivity index (χ1v) is 8.83. The third-order valence-electron chi connectivity index (χ3n) is 4.32. The van der Waals surface area contributed by atoms with E-state index < -0.39 is 0 Å². The minimum Gasteiger partial charge on any atom is -0.303 e. The van der Waals surface area contributed by atoms with Gasteiger partial charge in [-0.05, 0) is 50.4 Å². The third kappa shape index (κ3) is 7.68. The minimum atomic E-state index is 1.03. The maximum absolute atomic E-state index is 4.25. The molecule has 0 aliphatic heterocycles. The molecule has 0 heterocycles. The summed E-state index contributed by atoms with van der Waals surface area (Å²) in [6.07, 6.45) is 14.3. The zero-order valence-corrected chi connectivity index (χ0v) is 13.3. The number of rotatable bonds is 12. The predicted molar refractivity (Wildman–Crippen MR) is 85.6 cm³/mol. The summed E-state index contributed by atoms with van der Waals surface area (Å²) < 4.78 is 0. The fraction of sp³-hybridized carbons (Fsp3) is 1.00. The van der Waals surface area contributed by atoms with E-state index in [1.165, 1.54) is 83.8 Å². The summed E-state index contributed by atoms with van der Waals surface area (Å²) in [5.74, 6) is 2.10. The standard InChI is InChI=1S/C16H33NS/c1-2-17(15-16-11-10-12-16)13-8-6-4-3-5-7-9-14-18/h16,18H,2-15H2,1H3. The van der Waals surface area contributed by atoms with Crippen molar-refractivity contribution in [1.82, 2.24) is 4.90 Å². The van der Waals surface area contributed by atoms with E-state index in [-0.39, 0.29) is 0 Å². The molecular weight excluding hydrogens is 238 g/mol. The molecule has 1 saturated carbocycles. The van der Waals surface area contributed by atoms with E-state index in [1.54, 1.807) is 0 Å². The van der Waals surface area contributed by atoms with Crippen molar-refractivity contribution in [2.24, 2.45) is 5.92 Å². The van der Waals surface area contributed by atoms with Crippen molar-refractivity contribution in [1.29, 1.82) is 0 Å². The van der Waals surface area contributed by atoms with Crippen molar-refractivity contribution in [2.75, 3.05) is 25.4 Å². The molecule has 0 bridgehead atoms. The SMILES string of the molecule is CCN(CCCCCCCCCS)CC1CCC1. The van der Waals surface area contributed by atoms with Gasteiger partial charge in [-0.3, -0.25) is 0 Å². The summed E-state index contributed by atoms with van der Waals surface area (Å²) in [6, 6.07) is 0. The molecule has 1 nitrogen and oxygen atoms in total. The van der Waals surface area contributed by atoms with Crippen LogP contribution in [0.5, 0.6) is 0 Å². The van der Waals surface area contributed by atoms with Crippen LogP contribution >= 0.6 is 12.6 Å². The second-order valence-electron chi connectivity index (χ2n) is 5.89. The van der Waals surface area contributed by atoms with Gasteiger partial charge in [-0.2, -0.15) is 12.6 Å². The Morgan fingerprint density at radius 3 is 2.06 bits per heavy atom. The van der Waals surface area contributed by atoms with Crippen LogP contribution in [0.3, 0.4) is 0 Å². The first kappa shape index (κ1) is 16.4. The van der Waals surface area contributed by atoms with E-state index in [9.17, 15) is 0 Å². The Kier molecular flexibility index (Phi) is 10.1. The summed E-state index contributed by atoms with van der Waals surface area (Å²) in [7, 11) is 0. The normalized spacial score (nSPS) is 16.2. The molecule has 0 aromatic carbocycles. The fourth-order valence-electron chi connectivity index (χ4n) is 2.75. The molecule has 1 rings (SSSR count). The smallest absolute Gasteiger partial charge is 0.000954 e. The largest absolute Gasteiger partial charge is 0.303 e. The predicted octanol–water partition coefficient (Wildman–Crippen LogP) is 4.77. The summed E-state index contributed by atoms with van der Waals surface area (Å²) in [5, 5.41) is 0. The van der Waals surface area contributed by atoms with E-state index >= 15 is 0 Å². The summed E-state index contributed by atoms with van der Waals surface area (Å²) in [4.78, 5) is 2.67. The lowest BCUT2D eigenvalue weighted by atomic mass is 9.85. The zero-order valence-electron chi connectivity index (χ0n) is 12.4. The van der Waals surface area contributed by atoms with Crippen LogP contribution in [0, 0.1) is 5.92 Å². The summed E-state index contributed by atoms with van der Waals surface area (Å²) in [6.45, 7) is 6.27. The number of thiol groups is 1. The van der Waals surface area contributed by atoms with E-state index in [4.69, 9.17) is 0 Å². The molecule has 0 unspecified atom stereocenters. The van der Waals surface area contributed by atoms with Crippen molar-refractivity contribution in [3.8, 4) is 0 Å². The van der Waals surface area contributed by atoms with Crippen molar-refractivity contribution in [3.05, 3.63) is 0 Å². The molecule has 0 saturated heterocycles. The second-order valence-corrected chi connectivity index (χ2v) is 6.34. The molecule has 2 heteroatoms. The van der Waals surface area contributed by atoms with Crippen LogP contribution < -0.4 is 0 Å². The van der Waals surface area contributed by atoms with Gasteiger partial charge in [0.15, 0.2) is 0 Å². The highest BCUT2D eigenvalue weighted by Gasteiger charge is 2.19. The van der Waals surface area contributed by atoms with Crippen molar-refractivity contribution < 1.29 is 0 Å². The van der Waals surface area contributed by atoms with Crippen LogP contribution in [-0.2, 0) is 0 Å². The number of unbranched alkanes of at least 4 members (excludes halogenated alkanes) is 6. The Labute approximate surface area is 120 Å². The topological polar surface area (TPSA) is 3.24 Å². The molecule has 1 fully saturated rings. The van der Waals surface area contributed by atoms with Crippen LogP contribution in [0.25, 0.3) is 0 Å². The molecule has 0 spiro atoms. The highest BCUT2D eigenvalue weighted by Crippen LogP contribution is 2.27. The Morgan fingerprint density at radius 2 is 1.56 bits per heavy atom. The maximum Gasteiger partial charge on any atom is 0.000954 e. The molecule has 0 amide bonds. The van der Waals surface area contributed by atoms with Crippen LogP contribution in [0.4, 0.5) is 0 Å². The molecule has 18 heavy (non-hydrogen) atoms. The molecule has 108 valence electrons. The van der Waals surface area contributed by atoms with Crippen LogP contribution in [0.2, 0.25) is 0 Å². The van der Waals surface area contributed by atoms with Crippen molar-refractivity contribution >= 4 is 12.6 Å². The van der Waals surface area contributed by atoms with Gasteiger partial charge in [0.05, 0.1) is 0 Å². The van der Waals surface area contributed by atoms with E-state index in [0.29, 0.717) is 0 Å². The third-order valence-corrected chi connectivity index (χ3v) is 4.64. The monoisotopic (exact) mass is 271 g/mol. The average molecular weight is 272 g/mol. The van der Waals surface area contributed by atoms with Gasteiger partial charge >= 0.3 is 0 Å². The molecule has 1 aliphatic rings. The average Bonchev–Trinajstić information content (AvgIpc) is 2.34. The first-order chi connectivity index (χ1) is 8.86. The Balaban J connectivity index is 1.85. The van der Waals surface area contributed by atoms with Crippen molar-refractivity contribution in [2.45, 2.75) is 71.1 Å². The fourth-order valence-corrected chi connectivity index (χ4v) is 2.97. The highest BCUT2D eigenvalue weighted by molar-refractivity contribution is 7.80. The zero-order chi connectivity index (χ0) is 13.1. The molecule has 0 aromatic heterocycles. The lowest BCUT2D eigenvalue weighted by Gasteiger charge is -2.31. The molecular formula is C16H33NS. The van der Waals surface area contributed by atoms with Crippen LogP contribution in [0.15, 0.2) is 0 Å². The van der Waals surface area contributed by atoms with Gasteiger partial charge in [0, 0.05) is 6.54 Å². The maximum atomic E-state index is 4.25. The van der Waals surface area contributed by atoms with Crippen LogP contribution in [-0.4, -0.2) is 30.3 Å². The molecule has 0 atom stereocenters.